The molecule has 3 rings (SSSR count). The standard InChI is InChI=1S/C19H27NO3/c1-4-16-12-20(8-7-19(16,2)21)11-14-9-15-10-17(22-3)5-6-18(15)23-13-14/h5-6,9-10,16,21H,4,7-8,11-13H2,1-3H3/t16-,19+/m0/s1. The minimum absolute atomic E-state index is 0.341. The van der Waals surface area contributed by atoms with Crippen molar-refractivity contribution >= 4 is 6.08 Å². The molecule has 0 bridgehead atoms. The van der Waals surface area contributed by atoms with Gasteiger partial charge in [-0.3, -0.25) is 4.90 Å². The summed E-state index contributed by atoms with van der Waals surface area (Å²) in [6.45, 7) is 7.57. The van der Waals surface area contributed by atoms with Gasteiger partial charge < -0.3 is 14.6 Å². The third kappa shape index (κ3) is 3.54. The Morgan fingerprint density at radius 3 is 3.00 bits per heavy atom. The number of piperidine rings is 1. The Balaban J connectivity index is 1.70. The van der Waals surface area contributed by atoms with Crippen LogP contribution in [0, 0.1) is 5.92 Å². The Morgan fingerprint density at radius 1 is 1.43 bits per heavy atom. The minimum Gasteiger partial charge on any atom is -0.497 e. The fourth-order valence-corrected chi connectivity index (χ4v) is 3.61. The van der Waals surface area contributed by atoms with Crippen LogP contribution in [0.3, 0.4) is 0 Å². The molecular formula is C19H27NO3. The van der Waals surface area contributed by atoms with Gasteiger partial charge in [-0.25, -0.2) is 0 Å². The monoisotopic (exact) mass is 317 g/mol. The molecule has 2 heterocycles. The van der Waals surface area contributed by atoms with Gasteiger partial charge in [0.25, 0.3) is 0 Å². The average molecular weight is 317 g/mol. The molecule has 23 heavy (non-hydrogen) atoms. The van der Waals surface area contributed by atoms with E-state index in [1.807, 2.05) is 25.1 Å². The van der Waals surface area contributed by atoms with Crippen LogP contribution in [0.2, 0.25) is 0 Å². The lowest BCUT2D eigenvalue weighted by Crippen LogP contribution is -2.50. The summed E-state index contributed by atoms with van der Waals surface area (Å²) in [5.74, 6) is 2.11. The van der Waals surface area contributed by atoms with Gasteiger partial charge in [-0.05, 0) is 55.5 Å². The molecule has 2 aliphatic rings. The maximum Gasteiger partial charge on any atom is 0.127 e. The molecule has 0 unspecified atom stereocenters. The normalized spacial score (nSPS) is 27.8. The van der Waals surface area contributed by atoms with Gasteiger partial charge in [0.2, 0.25) is 0 Å². The first kappa shape index (κ1) is 16.3. The van der Waals surface area contributed by atoms with Crippen molar-refractivity contribution in [2.75, 3.05) is 33.4 Å². The molecule has 2 aliphatic heterocycles. The zero-order chi connectivity index (χ0) is 16.4. The number of aliphatic hydroxyl groups is 1. The lowest BCUT2D eigenvalue weighted by atomic mass is 9.81. The third-order valence-corrected chi connectivity index (χ3v) is 5.20. The summed E-state index contributed by atoms with van der Waals surface area (Å²) in [6.07, 6.45) is 4.07. The Kier molecular flexibility index (Phi) is 4.64. The van der Waals surface area contributed by atoms with Crippen LogP contribution in [0.25, 0.3) is 6.08 Å². The van der Waals surface area contributed by atoms with Gasteiger partial charge in [0.15, 0.2) is 0 Å². The van der Waals surface area contributed by atoms with E-state index in [-0.39, 0.29) is 0 Å². The van der Waals surface area contributed by atoms with Crippen molar-refractivity contribution in [3.63, 3.8) is 0 Å². The Morgan fingerprint density at radius 2 is 2.26 bits per heavy atom. The number of fused-ring (bicyclic) bond motifs is 1. The Bertz CT molecular complexity index is 594. The molecule has 4 heteroatoms. The van der Waals surface area contributed by atoms with Crippen LogP contribution in [-0.2, 0) is 0 Å². The second kappa shape index (κ2) is 6.54. The Labute approximate surface area is 138 Å². The first-order chi connectivity index (χ1) is 11.0. The van der Waals surface area contributed by atoms with E-state index in [0.717, 1.165) is 49.5 Å². The molecule has 1 aromatic rings. The second-order valence-corrected chi connectivity index (χ2v) is 6.94. The van der Waals surface area contributed by atoms with Gasteiger partial charge in [0.1, 0.15) is 18.1 Å². The molecule has 1 fully saturated rings. The highest BCUT2D eigenvalue weighted by Crippen LogP contribution is 2.32. The molecule has 0 amide bonds. The molecule has 0 saturated carbocycles. The van der Waals surface area contributed by atoms with E-state index in [1.165, 1.54) is 5.57 Å². The molecule has 1 aromatic carbocycles. The lowest BCUT2D eigenvalue weighted by molar-refractivity contribution is -0.0572. The SMILES string of the molecule is CC[C@H]1CN(CC2=Cc3cc(OC)ccc3OC2)CC[C@@]1(C)O. The van der Waals surface area contributed by atoms with Crippen LogP contribution in [0.4, 0.5) is 0 Å². The maximum atomic E-state index is 10.5. The van der Waals surface area contributed by atoms with Crippen LogP contribution < -0.4 is 9.47 Å². The van der Waals surface area contributed by atoms with E-state index in [2.05, 4.69) is 17.9 Å². The third-order valence-electron chi connectivity index (χ3n) is 5.20. The number of ether oxygens (including phenoxy) is 2. The smallest absolute Gasteiger partial charge is 0.127 e. The molecule has 2 atom stereocenters. The number of nitrogens with zero attached hydrogens (tertiary/aromatic N) is 1. The van der Waals surface area contributed by atoms with Crippen molar-refractivity contribution in [1.82, 2.24) is 4.90 Å². The predicted octanol–water partition coefficient (Wildman–Crippen LogP) is 2.95. The lowest BCUT2D eigenvalue weighted by Gasteiger charge is -2.42. The summed E-state index contributed by atoms with van der Waals surface area (Å²) in [7, 11) is 1.68. The summed E-state index contributed by atoms with van der Waals surface area (Å²) in [4.78, 5) is 2.44. The fraction of sp³-hybridized carbons (Fsp3) is 0.579. The van der Waals surface area contributed by atoms with Crippen molar-refractivity contribution in [2.24, 2.45) is 5.92 Å². The van der Waals surface area contributed by atoms with Gasteiger partial charge in [0, 0.05) is 25.2 Å². The predicted molar refractivity (Wildman–Crippen MR) is 91.9 cm³/mol. The van der Waals surface area contributed by atoms with E-state index >= 15 is 0 Å². The number of likely N-dealkylation sites (tertiary alicyclic amines) is 1. The van der Waals surface area contributed by atoms with E-state index in [1.54, 1.807) is 7.11 Å². The van der Waals surface area contributed by atoms with Crippen LogP contribution in [-0.4, -0.2) is 49.0 Å². The van der Waals surface area contributed by atoms with Crippen molar-refractivity contribution in [1.29, 1.82) is 0 Å². The van der Waals surface area contributed by atoms with Crippen molar-refractivity contribution < 1.29 is 14.6 Å². The highest BCUT2D eigenvalue weighted by atomic mass is 16.5. The zero-order valence-corrected chi connectivity index (χ0v) is 14.3. The second-order valence-electron chi connectivity index (χ2n) is 6.94. The summed E-state index contributed by atoms with van der Waals surface area (Å²) in [6, 6.07) is 5.91. The number of methoxy groups -OCH3 is 1. The molecule has 4 nitrogen and oxygen atoms in total. The van der Waals surface area contributed by atoms with Crippen LogP contribution in [0.15, 0.2) is 23.8 Å². The molecule has 0 spiro atoms. The number of hydrogen-bond donors (Lipinski definition) is 1. The van der Waals surface area contributed by atoms with E-state index in [4.69, 9.17) is 9.47 Å². The zero-order valence-electron chi connectivity index (χ0n) is 14.3. The molecule has 1 saturated heterocycles. The summed E-state index contributed by atoms with van der Waals surface area (Å²) < 4.78 is 11.2. The molecule has 1 N–H and O–H groups in total. The van der Waals surface area contributed by atoms with E-state index in [9.17, 15) is 5.11 Å². The fourth-order valence-electron chi connectivity index (χ4n) is 3.61. The van der Waals surface area contributed by atoms with Crippen LogP contribution in [0.1, 0.15) is 32.3 Å². The van der Waals surface area contributed by atoms with Crippen molar-refractivity contribution in [3.8, 4) is 11.5 Å². The summed E-state index contributed by atoms with van der Waals surface area (Å²) >= 11 is 0. The maximum absolute atomic E-state index is 10.5. The van der Waals surface area contributed by atoms with Gasteiger partial charge in [-0.1, -0.05) is 6.92 Å². The van der Waals surface area contributed by atoms with Gasteiger partial charge in [-0.2, -0.15) is 0 Å². The first-order valence-corrected chi connectivity index (χ1v) is 8.47. The number of benzene rings is 1. The van der Waals surface area contributed by atoms with Crippen LogP contribution >= 0.6 is 0 Å². The number of rotatable bonds is 4. The number of hydrogen-bond acceptors (Lipinski definition) is 4. The molecular weight excluding hydrogens is 290 g/mol. The van der Waals surface area contributed by atoms with Crippen molar-refractivity contribution in [2.45, 2.75) is 32.3 Å². The highest BCUT2D eigenvalue weighted by molar-refractivity contribution is 5.64. The van der Waals surface area contributed by atoms with Crippen LogP contribution in [0.5, 0.6) is 11.5 Å². The Hall–Kier alpha value is -1.52. The highest BCUT2D eigenvalue weighted by Gasteiger charge is 2.36. The quantitative estimate of drug-likeness (QED) is 0.927. The largest absolute Gasteiger partial charge is 0.497 e. The minimum atomic E-state index is -0.525. The van der Waals surface area contributed by atoms with E-state index < -0.39 is 5.60 Å². The molecule has 126 valence electrons. The molecule has 0 aromatic heterocycles. The molecule has 0 radical (unpaired) electrons. The first-order valence-electron chi connectivity index (χ1n) is 8.47. The topological polar surface area (TPSA) is 41.9 Å². The van der Waals surface area contributed by atoms with Crippen molar-refractivity contribution in [3.05, 3.63) is 29.3 Å². The van der Waals surface area contributed by atoms with Gasteiger partial charge >= 0.3 is 0 Å². The van der Waals surface area contributed by atoms with Gasteiger partial charge in [0.05, 0.1) is 12.7 Å². The molecule has 0 aliphatic carbocycles. The van der Waals surface area contributed by atoms with Gasteiger partial charge in [-0.15, -0.1) is 0 Å². The summed E-state index contributed by atoms with van der Waals surface area (Å²) in [5.41, 5.74) is 1.84. The average Bonchev–Trinajstić information content (AvgIpc) is 2.55. The summed E-state index contributed by atoms with van der Waals surface area (Å²) in [5, 5.41) is 10.5. The van der Waals surface area contributed by atoms with E-state index in [0.29, 0.717) is 12.5 Å².